The van der Waals surface area contributed by atoms with Crippen LogP contribution in [0.25, 0.3) is 11.4 Å². The summed E-state index contributed by atoms with van der Waals surface area (Å²) in [6.07, 6.45) is 2.54. The average Bonchev–Trinajstić information content (AvgIpc) is 3.22. The van der Waals surface area contributed by atoms with Crippen molar-refractivity contribution in [2.45, 2.75) is 39.3 Å². The van der Waals surface area contributed by atoms with Crippen LogP contribution in [-0.4, -0.2) is 16.0 Å². The van der Waals surface area contributed by atoms with Gasteiger partial charge in [-0.3, -0.25) is 0 Å². The number of halogens is 1. The van der Waals surface area contributed by atoms with Gasteiger partial charge in [0.05, 0.1) is 0 Å². The number of nitrogens with one attached hydrogen (secondary N) is 1. The Kier molecular flexibility index (Phi) is 3.49. The number of rotatable bonds is 4. The summed E-state index contributed by atoms with van der Waals surface area (Å²) in [6.45, 7) is 4.84. The predicted octanol–water partition coefficient (Wildman–Crippen LogP) is 3.15. The second-order valence-electron chi connectivity index (χ2n) is 5.36. The van der Waals surface area contributed by atoms with Crippen LogP contribution in [0.4, 0.5) is 4.39 Å². The van der Waals surface area contributed by atoms with Crippen LogP contribution in [0.3, 0.4) is 0 Å². The number of hydrogen-bond acceptors (Lipinski definition) is 3. The molecular weight excluding hydrogens is 253 g/mol. The van der Waals surface area contributed by atoms with Crippen molar-refractivity contribution < 1.29 is 4.39 Å². The zero-order valence-corrected chi connectivity index (χ0v) is 11.8. The van der Waals surface area contributed by atoms with Crippen molar-refractivity contribution in [3.63, 3.8) is 0 Å². The molecule has 4 heteroatoms. The third kappa shape index (κ3) is 2.85. The van der Waals surface area contributed by atoms with Gasteiger partial charge in [-0.1, -0.05) is 0 Å². The van der Waals surface area contributed by atoms with Gasteiger partial charge in [-0.25, -0.2) is 14.4 Å². The van der Waals surface area contributed by atoms with E-state index in [-0.39, 0.29) is 5.82 Å². The number of aromatic nitrogens is 2. The van der Waals surface area contributed by atoms with Crippen LogP contribution in [-0.2, 0) is 6.54 Å². The molecule has 1 aromatic carbocycles. The average molecular weight is 271 g/mol. The maximum Gasteiger partial charge on any atom is 0.159 e. The number of benzene rings is 1. The molecule has 0 saturated heterocycles. The van der Waals surface area contributed by atoms with E-state index < -0.39 is 0 Å². The maximum atomic E-state index is 13.0. The zero-order valence-electron chi connectivity index (χ0n) is 11.8. The Bertz CT molecular complexity index is 595. The summed E-state index contributed by atoms with van der Waals surface area (Å²) < 4.78 is 13.0. The molecule has 0 atom stereocenters. The Hall–Kier alpha value is -1.81. The highest BCUT2D eigenvalue weighted by Gasteiger charge is 2.21. The molecule has 3 nitrogen and oxygen atoms in total. The van der Waals surface area contributed by atoms with E-state index in [9.17, 15) is 4.39 Å². The zero-order chi connectivity index (χ0) is 14.1. The molecule has 1 fully saturated rings. The summed E-state index contributed by atoms with van der Waals surface area (Å²) in [5, 5.41) is 3.49. The van der Waals surface area contributed by atoms with Crippen molar-refractivity contribution >= 4 is 0 Å². The topological polar surface area (TPSA) is 37.8 Å². The van der Waals surface area contributed by atoms with Gasteiger partial charge in [0.2, 0.25) is 0 Å². The van der Waals surface area contributed by atoms with Crippen LogP contribution in [0.5, 0.6) is 0 Å². The number of hydrogen-bond donors (Lipinski definition) is 1. The van der Waals surface area contributed by atoms with E-state index in [1.807, 2.05) is 13.8 Å². The Morgan fingerprint density at radius 3 is 2.25 bits per heavy atom. The summed E-state index contributed by atoms with van der Waals surface area (Å²) in [4.78, 5) is 9.12. The first kappa shape index (κ1) is 13.2. The number of nitrogens with zero attached hydrogens (tertiary/aromatic N) is 2. The van der Waals surface area contributed by atoms with Gasteiger partial charge in [0.25, 0.3) is 0 Å². The van der Waals surface area contributed by atoms with E-state index in [0.717, 1.165) is 23.5 Å². The summed E-state index contributed by atoms with van der Waals surface area (Å²) >= 11 is 0. The minimum Gasteiger partial charge on any atom is -0.310 e. The highest BCUT2D eigenvalue weighted by atomic mass is 19.1. The molecule has 1 aliphatic carbocycles. The molecule has 2 aromatic rings. The lowest BCUT2D eigenvalue weighted by Crippen LogP contribution is -2.18. The molecule has 104 valence electrons. The smallest absolute Gasteiger partial charge is 0.159 e. The van der Waals surface area contributed by atoms with E-state index in [1.165, 1.54) is 30.5 Å². The molecule has 3 rings (SSSR count). The van der Waals surface area contributed by atoms with Gasteiger partial charge in [-0.05, 0) is 51.0 Å². The van der Waals surface area contributed by atoms with Gasteiger partial charge >= 0.3 is 0 Å². The van der Waals surface area contributed by atoms with Gasteiger partial charge in [0.15, 0.2) is 5.82 Å². The second kappa shape index (κ2) is 5.29. The predicted molar refractivity (Wildman–Crippen MR) is 76.8 cm³/mol. The van der Waals surface area contributed by atoms with Crippen LogP contribution in [0, 0.1) is 19.7 Å². The normalized spacial score (nSPS) is 14.6. The van der Waals surface area contributed by atoms with Gasteiger partial charge < -0.3 is 5.32 Å². The fraction of sp³-hybridized carbons (Fsp3) is 0.375. The monoisotopic (exact) mass is 271 g/mol. The summed E-state index contributed by atoms with van der Waals surface area (Å²) in [6, 6.07) is 6.97. The van der Waals surface area contributed by atoms with E-state index >= 15 is 0 Å². The minimum absolute atomic E-state index is 0.243. The second-order valence-corrected chi connectivity index (χ2v) is 5.36. The molecule has 0 bridgehead atoms. The summed E-state index contributed by atoms with van der Waals surface area (Å²) in [5.74, 6) is 0.419. The lowest BCUT2D eigenvalue weighted by atomic mass is 10.1. The standard InChI is InChI=1S/C16H18FN3/c1-10-15(9-18-14-7-8-14)11(2)20-16(19-10)12-3-5-13(17)6-4-12/h3-6,14,18H,7-9H2,1-2H3. The highest BCUT2D eigenvalue weighted by Crippen LogP contribution is 2.22. The first-order chi connectivity index (χ1) is 9.63. The first-order valence-electron chi connectivity index (χ1n) is 6.97. The SMILES string of the molecule is Cc1nc(-c2ccc(F)cc2)nc(C)c1CNC1CC1. The van der Waals surface area contributed by atoms with Crippen molar-refractivity contribution in [1.29, 1.82) is 0 Å². The van der Waals surface area contributed by atoms with Crippen molar-refractivity contribution in [1.82, 2.24) is 15.3 Å². The van der Waals surface area contributed by atoms with Gasteiger partial charge in [0.1, 0.15) is 5.82 Å². The first-order valence-corrected chi connectivity index (χ1v) is 6.97. The quantitative estimate of drug-likeness (QED) is 0.928. The molecule has 0 unspecified atom stereocenters. The van der Waals surface area contributed by atoms with Crippen LogP contribution < -0.4 is 5.32 Å². The van der Waals surface area contributed by atoms with Gasteiger partial charge in [-0.15, -0.1) is 0 Å². The minimum atomic E-state index is -0.243. The fourth-order valence-electron chi connectivity index (χ4n) is 2.26. The van der Waals surface area contributed by atoms with Gasteiger partial charge in [-0.2, -0.15) is 0 Å². The summed E-state index contributed by atoms with van der Waals surface area (Å²) in [7, 11) is 0. The largest absolute Gasteiger partial charge is 0.310 e. The van der Waals surface area contributed by atoms with E-state index in [2.05, 4.69) is 15.3 Å². The maximum absolute atomic E-state index is 13.0. The van der Waals surface area contributed by atoms with E-state index in [0.29, 0.717) is 11.9 Å². The molecule has 0 radical (unpaired) electrons. The summed E-state index contributed by atoms with van der Waals surface area (Å²) in [5.41, 5.74) is 4.00. The molecule has 0 spiro atoms. The molecule has 1 saturated carbocycles. The molecular formula is C16H18FN3. The van der Waals surface area contributed by atoms with Crippen LogP contribution in [0.2, 0.25) is 0 Å². The Morgan fingerprint density at radius 1 is 1.10 bits per heavy atom. The molecule has 1 heterocycles. The highest BCUT2D eigenvalue weighted by molar-refractivity contribution is 5.55. The third-order valence-corrected chi connectivity index (χ3v) is 3.67. The molecule has 20 heavy (non-hydrogen) atoms. The molecule has 0 aliphatic heterocycles. The Labute approximate surface area is 118 Å². The van der Waals surface area contributed by atoms with Crippen molar-refractivity contribution in [2.75, 3.05) is 0 Å². The molecule has 1 N–H and O–H groups in total. The lowest BCUT2D eigenvalue weighted by Gasteiger charge is -2.11. The van der Waals surface area contributed by atoms with Crippen molar-refractivity contribution in [2.24, 2.45) is 0 Å². The fourth-order valence-corrected chi connectivity index (χ4v) is 2.26. The third-order valence-electron chi connectivity index (χ3n) is 3.67. The molecule has 1 aromatic heterocycles. The van der Waals surface area contributed by atoms with E-state index in [1.54, 1.807) is 12.1 Å². The van der Waals surface area contributed by atoms with Gasteiger partial charge in [0, 0.05) is 35.1 Å². The van der Waals surface area contributed by atoms with Crippen molar-refractivity contribution in [3.05, 3.63) is 47.0 Å². The Morgan fingerprint density at radius 2 is 1.70 bits per heavy atom. The molecule has 0 amide bonds. The van der Waals surface area contributed by atoms with Crippen LogP contribution >= 0.6 is 0 Å². The van der Waals surface area contributed by atoms with Crippen molar-refractivity contribution in [3.8, 4) is 11.4 Å². The van der Waals surface area contributed by atoms with E-state index in [4.69, 9.17) is 0 Å². The number of aryl methyl sites for hydroxylation is 2. The van der Waals surface area contributed by atoms with Crippen LogP contribution in [0.15, 0.2) is 24.3 Å². The van der Waals surface area contributed by atoms with Crippen LogP contribution in [0.1, 0.15) is 29.8 Å². The lowest BCUT2D eigenvalue weighted by molar-refractivity contribution is 0.628. The Balaban J connectivity index is 1.87. The molecule has 1 aliphatic rings.